The van der Waals surface area contributed by atoms with Crippen LogP contribution in [-0.2, 0) is 11.2 Å². The van der Waals surface area contributed by atoms with Crippen LogP contribution in [0.5, 0.6) is 0 Å². The summed E-state index contributed by atoms with van der Waals surface area (Å²) in [6.45, 7) is 2.68. The number of nitrogens with zero attached hydrogens (tertiary/aromatic N) is 5. The first kappa shape index (κ1) is 18.0. The first-order valence-corrected chi connectivity index (χ1v) is 9.20. The normalized spacial score (nSPS) is 14.2. The minimum Gasteiger partial charge on any atom is -0.352 e. The van der Waals surface area contributed by atoms with Gasteiger partial charge in [0.15, 0.2) is 5.82 Å². The monoisotopic (exact) mass is 377 g/mol. The van der Waals surface area contributed by atoms with Crippen molar-refractivity contribution >= 4 is 11.7 Å². The fourth-order valence-corrected chi connectivity index (χ4v) is 3.24. The molecule has 6 nitrogen and oxygen atoms in total. The maximum atomic E-state index is 13.0. The molecule has 0 atom stereocenters. The van der Waals surface area contributed by atoms with E-state index in [0.717, 1.165) is 22.6 Å². The number of halogens is 1. The quantitative estimate of drug-likeness (QED) is 0.699. The molecule has 1 amide bonds. The number of hydrogen-bond donors (Lipinski definition) is 0. The highest BCUT2D eigenvalue weighted by Gasteiger charge is 2.22. The Morgan fingerprint density at radius 3 is 2.25 bits per heavy atom. The van der Waals surface area contributed by atoms with E-state index in [1.54, 1.807) is 24.5 Å². The topological polar surface area (TPSA) is 62.2 Å². The zero-order valence-electron chi connectivity index (χ0n) is 15.3. The fraction of sp³-hybridized carbons (Fsp3) is 0.238. The van der Waals surface area contributed by atoms with Gasteiger partial charge in [-0.2, -0.15) is 0 Å². The summed E-state index contributed by atoms with van der Waals surface area (Å²) in [5, 5.41) is 8.65. The van der Waals surface area contributed by atoms with Crippen LogP contribution in [0.4, 0.5) is 10.2 Å². The molecule has 3 heterocycles. The predicted octanol–water partition coefficient (Wildman–Crippen LogP) is 2.57. The van der Waals surface area contributed by atoms with E-state index in [-0.39, 0.29) is 11.7 Å². The van der Waals surface area contributed by atoms with E-state index < -0.39 is 0 Å². The number of aromatic nitrogens is 3. The smallest absolute Gasteiger partial charge is 0.227 e. The zero-order chi connectivity index (χ0) is 19.3. The molecular formula is C21H20FN5O. The van der Waals surface area contributed by atoms with Gasteiger partial charge in [-0.15, -0.1) is 10.2 Å². The summed E-state index contributed by atoms with van der Waals surface area (Å²) in [5.41, 5.74) is 2.61. The molecule has 142 valence electrons. The van der Waals surface area contributed by atoms with Gasteiger partial charge >= 0.3 is 0 Å². The molecule has 0 N–H and O–H groups in total. The number of amides is 1. The third kappa shape index (κ3) is 4.14. The molecule has 7 heteroatoms. The van der Waals surface area contributed by atoms with Crippen molar-refractivity contribution in [3.8, 4) is 11.3 Å². The number of piperazine rings is 1. The molecule has 1 aliphatic rings. The predicted molar refractivity (Wildman–Crippen MR) is 104 cm³/mol. The molecule has 0 bridgehead atoms. The third-order valence-corrected chi connectivity index (χ3v) is 4.85. The minimum atomic E-state index is -0.291. The van der Waals surface area contributed by atoms with E-state index in [1.165, 1.54) is 12.1 Å². The van der Waals surface area contributed by atoms with E-state index in [0.29, 0.717) is 32.6 Å². The maximum Gasteiger partial charge on any atom is 0.227 e. The van der Waals surface area contributed by atoms with Crippen LogP contribution < -0.4 is 4.90 Å². The van der Waals surface area contributed by atoms with Gasteiger partial charge in [-0.25, -0.2) is 4.39 Å². The Morgan fingerprint density at radius 1 is 0.893 bits per heavy atom. The first-order chi connectivity index (χ1) is 13.7. The Bertz CT molecular complexity index is 923. The van der Waals surface area contributed by atoms with Gasteiger partial charge in [-0.3, -0.25) is 9.78 Å². The van der Waals surface area contributed by atoms with E-state index in [4.69, 9.17) is 0 Å². The van der Waals surface area contributed by atoms with Crippen LogP contribution in [0.3, 0.4) is 0 Å². The van der Waals surface area contributed by atoms with Crippen molar-refractivity contribution in [2.24, 2.45) is 0 Å². The average molecular weight is 377 g/mol. The van der Waals surface area contributed by atoms with E-state index in [2.05, 4.69) is 20.1 Å². The van der Waals surface area contributed by atoms with E-state index in [9.17, 15) is 9.18 Å². The molecule has 4 rings (SSSR count). The van der Waals surface area contributed by atoms with Gasteiger partial charge in [0.05, 0.1) is 12.1 Å². The SMILES string of the molecule is O=C(Cc1ccc(F)cc1)N1CCN(c2ccc(-c3ccncc3)nn2)CC1. The molecule has 0 unspecified atom stereocenters. The lowest BCUT2D eigenvalue weighted by atomic mass is 10.1. The number of rotatable bonds is 4. The summed E-state index contributed by atoms with van der Waals surface area (Å²) in [7, 11) is 0. The van der Waals surface area contributed by atoms with Crippen molar-refractivity contribution < 1.29 is 9.18 Å². The second kappa shape index (κ2) is 8.12. The van der Waals surface area contributed by atoms with Crippen LogP contribution in [-0.4, -0.2) is 52.2 Å². The number of benzene rings is 1. The molecule has 2 aromatic heterocycles. The zero-order valence-corrected chi connectivity index (χ0v) is 15.3. The second-order valence-corrected chi connectivity index (χ2v) is 6.68. The lowest BCUT2D eigenvalue weighted by Crippen LogP contribution is -2.49. The number of carbonyl (C=O) groups excluding carboxylic acids is 1. The average Bonchev–Trinajstić information content (AvgIpc) is 2.76. The summed E-state index contributed by atoms with van der Waals surface area (Å²) in [5.74, 6) is 0.578. The van der Waals surface area contributed by atoms with Gasteiger partial charge in [-0.05, 0) is 42.0 Å². The van der Waals surface area contributed by atoms with Crippen LogP contribution >= 0.6 is 0 Å². The van der Waals surface area contributed by atoms with Crippen molar-refractivity contribution in [3.05, 3.63) is 72.3 Å². The van der Waals surface area contributed by atoms with Gasteiger partial charge in [0, 0.05) is 44.1 Å². The second-order valence-electron chi connectivity index (χ2n) is 6.68. The van der Waals surface area contributed by atoms with Crippen molar-refractivity contribution in [2.45, 2.75) is 6.42 Å². The van der Waals surface area contributed by atoms with Gasteiger partial charge in [-0.1, -0.05) is 12.1 Å². The Balaban J connectivity index is 1.33. The highest BCUT2D eigenvalue weighted by atomic mass is 19.1. The molecule has 1 aromatic carbocycles. The lowest BCUT2D eigenvalue weighted by Gasteiger charge is -2.35. The standard InChI is InChI=1S/C21H20FN5O/c22-18-3-1-16(2-4-18)15-21(28)27-13-11-26(12-14-27)20-6-5-19(24-25-20)17-7-9-23-10-8-17/h1-10H,11-15H2. The van der Waals surface area contributed by atoms with Crippen LogP contribution in [0, 0.1) is 5.82 Å². The van der Waals surface area contributed by atoms with Gasteiger partial charge < -0.3 is 9.80 Å². The number of anilines is 1. The lowest BCUT2D eigenvalue weighted by molar-refractivity contribution is -0.130. The van der Waals surface area contributed by atoms with Crippen molar-refractivity contribution in [1.82, 2.24) is 20.1 Å². The molecule has 0 radical (unpaired) electrons. The Labute approximate surface area is 162 Å². The van der Waals surface area contributed by atoms with Gasteiger partial charge in [0.25, 0.3) is 0 Å². The number of carbonyl (C=O) groups is 1. The van der Waals surface area contributed by atoms with Crippen LogP contribution in [0.2, 0.25) is 0 Å². The van der Waals surface area contributed by atoms with Crippen molar-refractivity contribution in [1.29, 1.82) is 0 Å². The fourth-order valence-electron chi connectivity index (χ4n) is 3.24. The molecular weight excluding hydrogens is 357 g/mol. The van der Waals surface area contributed by atoms with Crippen LogP contribution in [0.15, 0.2) is 60.9 Å². The highest BCUT2D eigenvalue weighted by molar-refractivity contribution is 5.79. The Kier molecular flexibility index (Phi) is 5.23. The molecule has 28 heavy (non-hydrogen) atoms. The molecule has 0 spiro atoms. The summed E-state index contributed by atoms with van der Waals surface area (Å²) in [6.07, 6.45) is 3.75. The van der Waals surface area contributed by atoms with Crippen molar-refractivity contribution in [2.75, 3.05) is 31.1 Å². The molecule has 1 fully saturated rings. The Morgan fingerprint density at radius 2 is 1.61 bits per heavy atom. The number of pyridine rings is 1. The van der Waals surface area contributed by atoms with E-state index in [1.807, 2.05) is 29.2 Å². The molecule has 0 aliphatic carbocycles. The minimum absolute atomic E-state index is 0.0605. The number of hydrogen-bond acceptors (Lipinski definition) is 5. The maximum absolute atomic E-state index is 13.0. The molecule has 1 saturated heterocycles. The van der Waals surface area contributed by atoms with Crippen LogP contribution in [0.1, 0.15) is 5.56 Å². The highest BCUT2D eigenvalue weighted by Crippen LogP contribution is 2.19. The summed E-state index contributed by atoms with van der Waals surface area (Å²) in [4.78, 5) is 20.5. The molecule has 3 aromatic rings. The van der Waals surface area contributed by atoms with Crippen molar-refractivity contribution in [3.63, 3.8) is 0 Å². The molecule has 0 saturated carbocycles. The van der Waals surface area contributed by atoms with Gasteiger partial charge in [0.2, 0.25) is 5.91 Å². The first-order valence-electron chi connectivity index (χ1n) is 9.20. The summed E-state index contributed by atoms with van der Waals surface area (Å²) >= 11 is 0. The molecule has 1 aliphatic heterocycles. The third-order valence-electron chi connectivity index (χ3n) is 4.85. The summed E-state index contributed by atoms with van der Waals surface area (Å²) in [6, 6.07) is 13.8. The van der Waals surface area contributed by atoms with E-state index >= 15 is 0 Å². The largest absolute Gasteiger partial charge is 0.352 e. The van der Waals surface area contributed by atoms with Gasteiger partial charge in [0.1, 0.15) is 5.82 Å². The summed E-state index contributed by atoms with van der Waals surface area (Å²) < 4.78 is 13.0. The van der Waals surface area contributed by atoms with Crippen LogP contribution in [0.25, 0.3) is 11.3 Å². The Hall–Kier alpha value is -3.35.